The number of hydrogen-bond acceptors (Lipinski definition) is 4. The largest absolute Gasteiger partial charge is 0.372 e. The summed E-state index contributed by atoms with van der Waals surface area (Å²) in [5.74, 6) is -1.18. The van der Waals surface area contributed by atoms with Crippen LogP contribution in [0.2, 0.25) is 19.6 Å². The number of carbonyl (C=O) groups excluding carboxylic acids is 1. The van der Waals surface area contributed by atoms with E-state index in [1.54, 1.807) is 24.3 Å². The van der Waals surface area contributed by atoms with E-state index in [0.29, 0.717) is 11.3 Å². The van der Waals surface area contributed by atoms with Crippen molar-refractivity contribution in [1.29, 1.82) is 0 Å². The fourth-order valence-corrected chi connectivity index (χ4v) is 4.62. The van der Waals surface area contributed by atoms with Crippen LogP contribution in [0.3, 0.4) is 0 Å². The van der Waals surface area contributed by atoms with E-state index < -0.39 is 20.4 Å². The van der Waals surface area contributed by atoms with Crippen LogP contribution in [-0.2, 0) is 11.3 Å². The van der Waals surface area contributed by atoms with Crippen LogP contribution in [0.5, 0.6) is 0 Å². The lowest BCUT2D eigenvalue weighted by molar-refractivity contribution is -0.182. The van der Waals surface area contributed by atoms with E-state index in [9.17, 15) is 4.79 Å². The van der Waals surface area contributed by atoms with Crippen molar-refractivity contribution >= 4 is 19.2 Å². The summed E-state index contributed by atoms with van der Waals surface area (Å²) in [7, 11) is -1.88. The van der Waals surface area contributed by atoms with Crippen LogP contribution in [-0.4, -0.2) is 24.3 Å². The van der Waals surface area contributed by atoms with Crippen molar-refractivity contribution in [1.82, 2.24) is 4.98 Å². The van der Waals surface area contributed by atoms with E-state index in [-0.39, 0.29) is 11.5 Å². The first-order valence-electron chi connectivity index (χ1n) is 10.6. The summed E-state index contributed by atoms with van der Waals surface area (Å²) in [6.07, 6.45) is 0.206. The molecule has 4 nitrogen and oxygen atoms in total. The van der Waals surface area contributed by atoms with Gasteiger partial charge in [0.05, 0.1) is 19.3 Å². The molecule has 0 amide bonds. The van der Waals surface area contributed by atoms with Crippen molar-refractivity contribution in [2.45, 2.75) is 38.9 Å². The maximum Gasteiger partial charge on any atom is 0.372 e. The summed E-state index contributed by atoms with van der Waals surface area (Å²) in [6.45, 7) is 8.47. The lowest BCUT2D eigenvalue weighted by Crippen LogP contribution is -2.40. The first-order chi connectivity index (χ1) is 14.6. The number of hydrogen-bond donors (Lipinski definition) is 1. The second kappa shape index (κ2) is 8.72. The topological polar surface area (TPSA) is 59.4 Å². The highest BCUT2D eigenvalue weighted by molar-refractivity contribution is 6.89. The summed E-state index contributed by atoms with van der Waals surface area (Å²) in [6, 6.07) is 18.1. The lowest BCUT2D eigenvalue weighted by Gasteiger charge is -2.23. The van der Waals surface area contributed by atoms with Crippen molar-refractivity contribution in [3.05, 3.63) is 83.6 Å². The van der Waals surface area contributed by atoms with Crippen LogP contribution in [0, 0.1) is 0 Å². The molecule has 3 aromatic rings. The SMILES string of the molecule is [2H]C([2H])(c1cc(-c2ccc(C(=O)OO)cc2)ncc1[Si](C)(C)C)C(C)c1ccccc1. The van der Waals surface area contributed by atoms with E-state index >= 15 is 0 Å². The molecule has 1 aromatic heterocycles. The molecule has 2 aromatic carbocycles. The van der Waals surface area contributed by atoms with Gasteiger partial charge in [-0.1, -0.05) is 69.0 Å². The third-order valence-electron chi connectivity index (χ3n) is 4.88. The molecular formula is C24H27NO3Si. The Kier molecular flexibility index (Phi) is 5.49. The van der Waals surface area contributed by atoms with Crippen LogP contribution < -0.4 is 5.19 Å². The van der Waals surface area contributed by atoms with Crippen LogP contribution in [0.25, 0.3) is 11.3 Å². The summed E-state index contributed by atoms with van der Waals surface area (Å²) < 4.78 is 18.2. The minimum absolute atomic E-state index is 0.221. The Bertz CT molecular complexity index is 1060. The zero-order valence-electron chi connectivity index (χ0n) is 19.1. The van der Waals surface area contributed by atoms with Crippen molar-refractivity contribution in [3.63, 3.8) is 0 Å². The molecule has 150 valence electrons. The average Bonchev–Trinajstić information content (AvgIpc) is 2.77. The number of carbonyl (C=O) groups is 1. The molecule has 0 aliphatic rings. The third kappa shape index (κ3) is 4.99. The predicted octanol–water partition coefficient (Wildman–Crippen LogP) is 5.27. The van der Waals surface area contributed by atoms with E-state index in [1.165, 1.54) is 0 Å². The quantitative estimate of drug-likeness (QED) is 0.343. The van der Waals surface area contributed by atoms with Gasteiger partial charge in [-0.2, -0.15) is 5.26 Å². The maximum atomic E-state index is 11.5. The molecular weight excluding hydrogens is 378 g/mol. The second-order valence-electron chi connectivity index (χ2n) is 8.10. The highest BCUT2D eigenvalue weighted by Crippen LogP contribution is 2.24. The Hall–Kier alpha value is -2.76. The Balaban J connectivity index is 2.10. The van der Waals surface area contributed by atoms with Gasteiger partial charge in [0, 0.05) is 14.5 Å². The summed E-state index contributed by atoms with van der Waals surface area (Å²) in [4.78, 5) is 19.9. The van der Waals surface area contributed by atoms with Crippen LogP contribution in [0.15, 0.2) is 66.9 Å². The minimum Gasteiger partial charge on any atom is -0.296 e. The fraction of sp³-hybridized carbons (Fsp3) is 0.250. The van der Waals surface area contributed by atoms with Gasteiger partial charge >= 0.3 is 5.97 Å². The van der Waals surface area contributed by atoms with Gasteiger partial charge in [-0.15, -0.1) is 0 Å². The van der Waals surface area contributed by atoms with Crippen molar-refractivity contribution in [3.8, 4) is 11.3 Å². The first kappa shape index (κ1) is 18.3. The maximum absolute atomic E-state index is 11.5. The Morgan fingerprint density at radius 2 is 1.79 bits per heavy atom. The van der Waals surface area contributed by atoms with Gasteiger partial charge in [0.15, 0.2) is 0 Å². The Morgan fingerprint density at radius 1 is 1.14 bits per heavy atom. The summed E-state index contributed by atoms with van der Waals surface area (Å²) in [5.41, 5.74) is 3.20. The number of aromatic nitrogens is 1. The second-order valence-corrected chi connectivity index (χ2v) is 13.1. The molecule has 1 atom stereocenters. The van der Waals surface area contributed by atoms with E-state index in [1.807, 2.05) is 49.5 Å². The average molecular weight is 408 g/mol. The molecule has 29 heavy (non-hydrogen) atoms. The molecule has 0 bridgehead atoms. The van der Waals surface area contributed by atoms with Crippen molar-refractivity contribution in [2.24, 2.45) is 0 Å². The van der Waals surface area contributed by atoms with Gasteiger partial charge in [-0.05, 0) is 46.8 Å². The molecule has 0 aliphatic carbocycles. The molecule has 0 saturated carbocycles. The zero-order chi connectivity index (χ0) is 22.8. The fourth-order valence-electron chi connectivity index (χ4n) is 3.22. The lowest BCUT2D eigenvalue weighted by atomic mass is 9.93. The van der Waals surface area contributed by atoms with Gasteiger partial charge < -0.3 is 0 Å². The highest BCUT2D eigenvalue weighted by Gasteiger charge is 2.22. The Labute approximate surface area is 176 Å². The van der Waals surface area contributed by atoms with Gasteiger partial charge in [0.25, 0.3) is 0 Å². The van der Waals surface area contributed by atoms with E-state index in [2.05, 4.69) is 29.5 Å². The summed E-state index contributed by atoms with van der Waals surface area (Å²) >= 11 is 0. The molecule has 3 rings (SSSR count). The van der Waals surface area contributed by atoms with Crippen LogP contribution >= 0.6 is 0 Å². The van der Waals surface area contributed by atoms with Gasteiger partial charge in [-0.3, -0.25) is 9.87 Å². The molecule has 0 fully saturated rings. The molecule has 0 saturated heterocycles. The number of benzene rings is 2. The normalized spacial score (nSPS) is 14.0. The highest BCUT2D eigenvalue weighted by atomic mass is 28.3. The molecule has 0 aliphatic heterocycles. The molecule has 1 heterocycles. The molecule has 0 spiro atoms. The van der Waals surface area contributed by atoms with Crippen molar-refractivity contribution < 1.29 is 17.7 Å². The number of nitrogens with zero attached hydrogens (tertiary/aromatic N) is 1. The first-order valence-corrected chi connectivity index (χ1v) is 13.1. The van der Waals surface area contributed by atoms with Crippen molar-refractivity contribution in [2.75, 3.05) is 0 Å². The van der Waals surface area contributed by atoms with Gasteiger partial charge in [0.2, 0.25) is 0 Å². The zero-order valence-corrected chi connectivity index (χ0v) is 18.1. The predicted molar refractivity (Wildman–Crippen MR) is 119 cm³/mol. The minimum atomic E-state index is -1.88. The summed E-state index contributed by atoms with van der Waals surface area (Å²) in [5, 5.41) is 9.54. The van der Waals surface area contributed by atoms with E-state index in [0.717, 1.165) is 16.3 Å². The standard InChI is InChI=1S/C24H27NO3Si/c1-17(18-8-6-5-7-9-18)14-21-15-22(25-16-23(21)29(2,3)4)19-10-12-20(13-11-19)24(26)28-27/h5-13,15-17,27H,14H2,1-4H3/i14D2. The third-order valence-corrected chi connectivity index (χ3v) is 6.90. The van der Waals surface area contributed by atoms with Crippen LogP contribution in [0.4, 0.5) is 0 Å². The number of pyridine rings is 1. The monoisotopic (exact) mass is 407 g/mol. The van der Waals surface area contributed by atoms with Gasteiger partial charge in [-0.25, -0.2) is 4.79 Å². The molecule has 5 heteroatoms. The van der Waals surface area contributed by atoms with Crippen LogP contribution in [0.1, 0.15) is 37.1 Å². The molecule has 1 unspecified atom stereocenters. The molecule has 1 N–H and O–H groups in total. The molecule has 0 radical (unpaired) electrons. The van der Waals surface area contributed by atoms with Gasteiger partial charge in [0.1, 0.15) is 0 Å². The Morgan fingerprint density at radius 3 is 2.38 bits per heavy atom. The smallest absolute Gasteiger partial charge is 0.296 e. The van der Waals surface area contributed by atoms with E-state index in [4.69, 9.17) is 8.00 Å². The number of rotatable bonds is 6.